The number of hydrogen-bond acceptors (Lipinski definition) is 5. The molecule has 0 saturated heterocycles. The fourth-order valence-electron chi connectivity index (χ4n) is 2.24. The van der Waals surface area contributed by atoms with E-state index in [1.54, 1.807) is 43.6 Å². The number of hydrogen-bond donors (Lipinski definition) is 0. The standard InChI is InChI=1S/C18H15ClN2O3/c1-2-23-18(22)16-15(11-12-3-5-14(19)6-4-12)24-17(21-16)13-7-9-20-10-8-13/h3-10H,2,11H2,1H3. The van der Waals surface area contributed by atoms with Crippen molar-refractivity contribution in [1.29, 1.82) is 0 Å². The van der Waals surface area contributed by atoms with Crippen LogP contribution >= 0.6 is 11.6 Å². The van der Waals surface area contributed by atoms with Crippen LogP contribution in [0.3, 0.4) is 0 Å². The highest BCUT2D eigenvalue weighted by molar-refractivity contribution is 6.30. The molecular weight excluding hydrogens is 328 g/mol. The van der Waals surface area contributed by atoms with Crippen LogP contribution in [0.4, 0.5) is 0 Å². The molecule has 6 heteroatoms. The van der Waals surface area contributed by atoms with Gasteiger partial charge in [-0.15, -0.1) is 0 Å². The van der Waals surface area contributed by atoms with Crippen LogP contribution < -0.4 is 0 Å². The second kappa shape index (κ2) is 7.27. The maximum atomic E-state index is 12.2. The van der Waals surface area contributed by atoms with Gasteiger partial charge in [0.05, 0.1) is 6.61 Å². The zero-order valence-corrected chi connectivity index (χ0v) is 13.8. The summed E-state index contributed by atoms with van der Waals surface area (Å²) >= 11 is 5.91. The molecule has 3 rings (SSSR count). The molecule has 0 aliphatic heterocycles. The van der Waals surface area contributed by atoms with Gasteiger partial charge >= 0.3 is 5.97 Å². The molecule has 122 valence electrons. The van der Waals surface area contributed by atoms with E-state index in [0.29, 0.717) is 23.1 Å². The van der Waals surface area contributed by atoms with E-state index in [1.165, 1.54) is 0 Å². The van der Waals surface area contributed by atoms with Crippen LogP contribution in [0.25, 0.3) is 11.5 Å². The number of halogens is 1. The van der Waals surface area contributed by atoms with Crippen molar-refractivity contribution in [3.8, 4) is 11.5 Å². The first-order valence-electron chi connectivity index (χ1n) is 7.49. The third kappa shape index (κ3) is 3.63. The highest BCUT2D eigenvalue weighted by Gasteiger charge is 2.22. The van der Waals surface area contributed by atoms with Crippen LogP contribution in [0, 0.1) is 0 Å². The van der Waals surface area contributed by atoms with Gasteiger partial charge in [-0.2, -0.15) is 0 Å². The fourth-order valence-corrected chi connectivity index (χ4v) is 2.36. The minimum Gasteiger partial charge on any atom is -0.461 e. The monoisotopic (exact) mass is 342 g/mol. The number of carbonyl (C=O) groups excluding carboxylic acids is 1. The van der Waals surface area contributed by atoms with Crippen molar-refractivity contribution in [3.05, 3.63) is 70.8 Å². The van der Waals surface area contributed by atoms with Gasteiger partial charge in [0.1, 0.15) is 5.76 Å². The SMILES string of the molecule is CCOC(=O)c1nc(-c2ccncc2)oc1Cc1ccc(Cl)cc1. The van der Waals surface area contributed by atoms with Crippen LogP contribution in [0.1, 0.15) is 28.7 Å². The van der Waals surface area contributed by atoms with Crippen LogP contribution in [0.5, 0.6) is 0 Å². The Labute approximate surface area is 144 Å². The van der Waals surface area contributed by atoms with E-state index >= 15 is 0 Å². The topological polar surface area (TPSA) is 65.2 Å². The number of carbonyl (C=O) groups is 1. The van der Waals surface area contributed by atoms with Crippen molar-refractivity contribution < 1.29 is 13.9 Å². The first-order chi connectivity index (χ1) is 11.7. The lowest BCUT2D eigenvalue weighted by Crippen LogP contribution is -2.08. The van der Waals surface area contributed by atoms with E-state index in [1.807, 2.05) is 12.1 Å². The third-order valence-corrected chi connectivity index (χ3v) is 3.62. The summed E-state index contributed by atoms with van der Waals surface area (Å²) in [6.07, 6.45) is 3.70. The van der Waals surface area contributed by atoms with Gasteiger partial charge in [-0.3, -0.25) is 4.98 Å². The van der Waals surface area contributed by atoms with Crippen LogP contribution in [-0.4, -0.2) is 22.5 Å². The second-order valence-corrected chi connectivity index (χ2v) is 5.49. The maximum absolute atomic E-state index is 12.2. The van der Waals surface area contributed by atoms with E-state index in [4.69, 9.17) is 20.8 Å². The van der Waals surface area contributed by atoms with E-state index in [-0.39, 0.29) is 12.3 Å². The molecule has 0 bridgehead atoms. The van der Waals surface area contributed by atoms with Crippen molar-refractivity contribution in [3.63, 3.8) is 0 Å². The molecule has 0 aliphatic rings. The second-order valence-electron chi connectivity index (χ2n) is 5.05. The van der Waals surface area contributed by atoms with E-state index in [2.05, 4.69) is 9.97 Å². The summed E-state index contributed by atoms with van der Waals surface area (Å²) in [4.78, 5) is 20.5. The Morgan fingerprint density at radius 3 is 2.54 bits per heavy atom. The van der Waals surface area contributed by atoms with Gasteiger partial charge in [0.15, 0.2) is 5.69 Å². The van der Waals surface area contributed by atoms with Crippen LogP contribution in [0.15, 0.2) is 53.2 Å². The van der Waals surface area contributed by atoms with Crippen molar-refractivity contribution in [1.82, 2.24) is 9.97 Å². The molecule has 0 radical (unpaired) electrons. The quantitative estimate of drug-likeness (QED) is 0.651. The molecule has 0 amide bonds. The van der Waals surface area contributed by atoms with E-state index in [9.17, 15) is 4.79 Å². The summed E-state index contributed by atoms with van der Waals surface area (Å²) in [6, 6.07) is 10.9. The summed E-state index contributed by atoms with van der Waals surface area (Å²) < 4.78 is 10.9. The van der Waals surface area contributed by atoms with Crippen LogP contribution in [-0.2, 0) is 11.2 Å². The summed E-state index contributed by atoms with van der Waals surface area (Å²) in [5.74, 6) is 0.331. The summed E-state index contributed by atoms with van der Waals surface area (Å²) in [5.41, 5.74) is 1.90. The average Bonchev–Trinajstić information content (AvgIpc) is 3.02. The van der Waals surface area contributed by atoms with Crippen molar-refractivity contribution in [2.75, 3.05) is 6.61 Å². The summed E-state index contributed by atoms with van der Waals surface area (Å²) in [5, 5.41) is 0.652. The summed E-state index contributed by atoms with van der Waals surface area (Å²) in [7, 11) is 0. The van der Waals surface area contributed by atoms with Gasteiger partial charge in [-0.05, 0) is 36.8 Å². The minimum absolute atomic E-state index is 0.193. The Balaban J connectivity index is 1.97. The molecule has 0 aliphatic carbocycles. The van der Waals surface area contributed by atoms with Gasteiger partial charge in [0, 0.05) is 29.4 Å². The maximum Gasteiger partial charge on any atom is 0.360 e. The Morgan fingerprint density at radius 1 is 1.17 bits per heavy atom. The van der Waals surface area contributed by atoms with Crippen LogP contribution in [0.2, 0.25) is 5.02 Å². The van der Waals surface area contributed by atoms with Gasteiger partial charge in [0.25, 0.3) is 0 Å². The lowest BCUT2D eigenvalue weighted by molar-refractivity contribution is 0.0518. The molecule has 24 heavy (non-hydrogen) atoms. The number of benzene rings is 1. The average molecular weight is 343 g/mol. The predicted molar refractivity (Wildman–Crippen MR) is 89.9 cm³/mol. The predicted octanol–water partition coefficient (Wildman–Crippen LogP) is 4.16. The number of ether oxygens (including phenoxy) is 1. The number of esters is 1. The molecule has 2 aromatic heterocycles. The van der Waals surface area contributed by atoms with E-state index in [0.717, 1.165) is 11.1 Å². The number of rotatable bonds is 5. The first-order valence-corrected chi connectivity index (χ1v) is 7.87. The fraction of sp³-hybridized carbons (Fsp3) is 0.167. The lowest BCUT2D eigenvalue weighted by Gasteiger charge is -2.02. The molecule has 0 saturated carbocycles. The number of pyridine rings is 1. The molecule has 2 heterocycles. The molecular formula is C18H15ClN2O3. The first kappa shape index (κ1) is 16.2. The molecule has 0 N–H and O–H groups in total. The Bertz CT molecular complexity index is 829. The molecule has 3 aromatic rings. The summed E-state index contributed by atoms with van der Waals surface area (Å²) in [6.45, 7) is 2.03. The molecule has 5 nitrogen and oxygen atoms in total. The zero-order valence-electron chi connectivity index (χ0n) is 13.0. The lowest BCUT2D eigenvalue weighted by atomic mass is 10.1. The number of aromatic nitrogens is 2. The normalized spacial score (nSPS) is 10.6. The zero-order chi connectivity index (χ0) is 16.9. The van der Waals surface area contributed by atoms with Crippen molar-refractivity contribution >= 4 is 17.6 Å². The largest absolute Gasteiger partial charge is 0.461 e. The number of nitrogens with zero attached hydrogens (tertiary/aromatic N) is 2. The van der Waals surface area contributed by atoms with Gasteiger partial charge in [-0.1, -0.05) is 23.7 Å². The molecule has 0 atom stereocenters. The van der Waals surface area contributed by atoms with Gasteiger partial charge < -0.3 is 9.15 Å². The molecule has 0 spiro atoms. The third-order valence-electron chi connectivity index (χ3n) is 3.37. The van der Waals surface area contributed by atoms with Crippen molar-refractivity contribution in [2.45, 2.75) is 13.3 Å². The molecule has 0 fully saturated rings. The molecule has 1 aromatic carbocycles. The minimum atomic E-state index is -0.495. The Morgan fingerprint density at radius 2 is 1.88 bits per heavy atom. The Kier molecular flexibility index (Phi) is 4.91. The van der Waals surface area contributed by atoms with Crippen molar-refractivity contribution in [2.24, 2.45) is 0 Å². The Hall–Kier alpha value is -2.66. The number of oxazole rings is 1. The van der Waals surface area contributed by atoms with E-state index < -0.39 is 5.97 Å². The highest BCUT2D eigenvalue weighted by atomic mass is 35.5. The molecule has 0 unspecified atom stereocenters. The highest BCUT2D eigenvalue weighted by Crippen LogP contribution is 2.24. The van der Waals surface area contributed by atoms with Gasteiger partial charge in [0.2, 0.25) is 5.89 Å². The van der Waals surface area contributed by atoms with Gasteiger partial charge in [-0.25, -0.2) is 9.78 Å². The smallest absolute Gasteiger partial charge is 0.360 e.